The van der Waals surface area contributed by atoms with Crippen molar-refractivity contribution in [2.24, 2.45) is 11.1 Å². The molecule has 0 saturated carbocycles. The van der Waals surface area contributed by atoms with Gasteiger partial charge in [-0.3, -0.25) is 0 Å². The molecule has 0 bridgehead atoms. The Morgan fingerprint density at radius 1 is 1.47 bits per heavy atom. The molecule has 0 amide bonds. The van der Waals surface area contributed by atoms with Crippen molar-refractivity contribution >= 4 is 0 Å². The van der Waals surface area contributed by atoms with Crippen LogP contribution in [0.25, 0.3) is 0 Å². The summed E-state index contributed by atoms with van der Waals surface area (Å²) in [5, 5.41) is 0. The van der Waals surface area contributed by atoms with Crippen LogP contribution in [0.5, 0.6) is 5.88 Å². The van der Waals surface area contributed by atoms with Crippen LogP contribution in [0.4, 0.5) is 4.39 Å². The summed E-state index contributed by atoms with van der Waals surface area (Å²) in [6.45, 7) is 8.59. The summed E-state index contributed by atoms with van der Waals surface area (Å²) >= 11 is 0. The van der Waals surface area contributed by atoms with Gasteiger partial charge in [-0.2, -0.15) is 0 Å². The molecule has 3 nitrogen and oxygen atoms in total. The molecule has 17 heavy (non-hydrogen) atoms. The minimum atomic E-state index is -0.387. The zero-order valence-corrected chi connectivity index (χ0v) is 11.0. The van der Waals surface area contributed by atoms with Gasteiger partial charge < -0.3 is 10.5 Å². The van der Waals surface area contributed by atoms with Gasteiger partial charge in [0.25, 0.3) is 0 Å². The van der Waals surface area contributed by atoms with Crippen molar-refractivity contribution in [2.75, 3.05) is 0 Å². The van der Waals surface area contributed by atoms with E-state index >= 15 is 0 Å². The highest BCUT2D eigenvalue weighted by molar-refractivity contribution is 5.26. The van der Waals surface area contributed by atoms with E-state index in [9.17, 15) is 4.39 Å². The molecule has 0 aliphatic heterocycles. The van der Waals surface area contributed by atoms with Crippen molar-refractivity contribution in [2.45, 2.75) is 46.8 Å². The quantitative estimate of drug-likeness (QED) is 0.880. The van der Waals surface area contributed by atoms with Crippen molar-refractivity contribution in [1.82, 2.24) is 4.98 Å². The van der Waals surface area contributed by atoms with Crippen LogP contribution < -0.4 is 10.5 Å². The normalized spacial score (nSPS) is 13.5. The molecule has 0 saturated heterocycles. The molecule has 0 aliphatic carbocycles. The molecule has 0 unspecified atom stereocenters. The molecule has 1 aromatic heterocycles. The van der Waals surface area contributed by atoms with Gasteiger partial charge in [-0.15, -0.1) is 0 Å². The first-order valence-corrected chi connectivity index (χ1v) is 5.89. The number of hydrogen-bond acceptors (Lipinski definition) is 3. The second-order valence-corrected chi connectivity index (χ2v) is 5.20. The summed E-state index contributed by atoms with van der Waals surface area (Å²) in [6, 6.07) is 1.37. The van der Waals surface area contributed by atoms with E-state index < -0.39 is 0 Å². The number of hydrogen-bond donors (Lipinski definition) is 1. The van der Waals surface area contributed by atoms with Gasteiger partial charge in [0.1, 0.15) is 11.9 Å². The highest BCUT2D eigenvalue weighted by Gasteiger charge is 2.25. The maximum Gasteiger partial charge on any atom is 0.218 e. The Hall–Kier alpha value is -1.16. The maximum atomic E-state index is 13.0. The number of halogens is 1. The molecule has 1 heterocycles. The van der Waals surface area contributed by atoms with Gasteiger partial charge in [-0.25, -0.2) is 9.37 Å². The summed E-state index contributed by atoms with van der Waals surface area (Å²) in [4.78, 5) is 3.97. The van der Waals surface area contributed by atoms with E-state index in [2.05, 4.69) is 32.7 Å². The molecule has 96 valence electrons. The monoisotopic (exact) mass is 240 g/mol. The fourth-order valence-corrected chi connectivity index (χ4v) is 1.73. The zero-order chi connectivity index (χ0) is 13.1. The lowest BCUT2D eigenvalue weighted by Gasteiger charge is -2.30. The second-order valence-electron chi connectivity index (χ2n) is 5.20. The third-order valence-electron chi connectivity index (χ3n) is 2.70. The molecule has 0 spiro atoms. The van der Waals surface area contributed by atoms with Crippen LogP contribution in [0.1, 0.15) is 39.7 Å². The lowest BCUT2D eigenvalue weighted by Crippen LogP contribution is -2.32. The first-order valence-electron chi connectivity index (χ1n) is 5.89. The van der Waals surface area contributed by atoms with Gasteiger partial charge in [-0.1, -0.05) is 27.7 Å². The molecule has 1 atom stereocenters. The Morgan fingerprint density at radius 3 is 2.59 bits per heavy atom. The second kappa shape index (κ2) is 5.45. The molecule has 0 aliphatic rings. The lowest BCUT2D eigenvalue weighted by molar-refractivity contribution is 0.0775. The minimum absolute atomic E-state index is 0.0106. The Balaban J connectivity index is 2.94. The molecule has 1 aromatic rings. The summed E-state index contributed by atoms with van der Waals surface area (Å²) in [6.07, 6.45) is 2.06. The van der Waals surface area contributed by atoms with E-state index in [1.54, 1.807) is 0 Å². The van der Waals surface area contributed by atoms with Gasteiger partial charge in [0, 0.05) is 12.1 Å². The largest absolute Gasteiger partial charge is 0.474 e. The Bertz CT molecular complexity index is 374. The minimum Gasteiger partial charge on any atom is -0.474 e. The molecule has 0 aromatic carbocycles. The van der Waals surface area contributed by atoms with Crippen LogP contribution in [0.2, 0.25) is 0 Å². The fraction of sp³-hybridized carbons (Fsp3) is 0.615. The van der Waals surface area contributed by atoms with E-state index in [1.165, 1.54) is 6.07 Å². The average molecular weight is 240 g/mol. The van der Waals surface area contributed by atoms with E-state index in [0.717, 1.165) is 12.6 Å². The average Bonchev–Trinajstić information content (AvgIpc) is 2.25. The molecular weight excluding hydrogens is 219 g/mol. The molecular formula is C13H21FN2O. The lowest BCUT2D eigenvalue weighted by atomic mass is 9.87. The Morgan fingerprint density at radius 2 is 2.12 bits per heavy atom. The van der Waals surface area contributed by atoms with Gasteiger partial charge in [0.05, 0.1) is 6.20 Å². The smallest absolute Gasteiger partial charge is 0.218 e. The summed E-state index contributed by atoms with van der Waals surface area (Å²) < 4.78 is 18.9. The van der Waals surface area contributed by atoms with E-state index in [-0.39, 0.29) is 23.9 Å². The third kappa shape index (κ3) is 3.66. The van der Waals surface area contributed by atoms with Crippen molar-refractivity contribution in [1.29, 1.82) is 0 Å². The predicted octanol–water partition coefficient (Wildman–Crippen LogP) is 2.88. The van der Waals surface area contributed by atoms with Crippen molar-refractivity contribution in [3.05, 3.63) is 23.6 Å². The molecule has 0 fully saturated rings. The number of ether oxygens (including phenoxy) is 1. The van der Waals surface area contributed by atoms with E-state index in [0.29, 0.717) is 11.4 Å². The maximum absolute atomic E-state index is 13.0. The molecule has 0 radical (unpaired) electrons. The van der Waals surface area contributed by atoms with Gasteiger partial charge in [0.2, 0.25) is 5.88 Å². The van der Waals surface area contributed by atoms with Gasteiger partial charge >= 0.3 is 0 Å². The fourth-order valence-electron chi connectivity index (χ4n) is 1.73. The first-order chi connectivity index (χ1) is 7.88. The van der Waals surface area contributed by atoms with Crippen LogP contribution in [0.3, 0.4) is 0 Å². The summed E-state index contributed by atoms with van der Waals surface area (Å²) in [5.74, 6) is 0.0530. The van der Waals surface area contributed by atoms with Crippen molar-refractivity contribution in [3.8, 4) is 5.88 Å². The van der Waals surface area contributed by atoms with Crippen LogP contribution in [-0.2, 0) is 6.54 Å². The van der Waals surface area contributed by atoms with E-state index in [4.69, 9.17) is 10.5 Å². The predicted molar refractivity (Wildman–Crippen MR) is 66.2 cm³/mol. The van der Waals surface area contributed by atoms with Crippen molar-refractivity contribution in [3.63, 3.8) is 0 Å². The van der Waals surface area contributed by atoms with Crippen LogP contribution in [0, 0.1) is 11.2 Å². The zero-order valence-electron chi connectivity index (χ0n) is 11.0. The molecule has 1 rings (SSSR count). The van der Waals surface area contributed by atoms with Gasteiger partial charge in [-0.05, 0) is 17.9 Å². The topological polar surface area (TPSA) is 48.1 Å². The van der Waals surface area contributed by atoms with Crippen LogP contribution in [-0.4, -0.2) is 11.1 Å². The third-order valence-corrected chi connectivity index (χ3v) is 2.70. The summed E-state index contributed by atoms with van der Waals surface area (Å²) in [5.41, 5.74) is 6.17. The SMILES string of the molecule is CC[C@H](Oc1ncc(F)cc1CN)C(C)(C)C. The van der Waals surface area contributed by atoms with Crippen LogP contribution >= 0.6 is 0 Å². The molecule has 4 heteroatoms. The number of rotatable bonds is 4. The number of nitrogens with zero attached hydrogens (tertiary/aromatic N) is 1. The number of pyridine rings is 1. The van der Waals surface area contributed by atoms with Gasteiger partial charge in [0.15, 0.2) is 0 Å². The Labute approximate surface area is 102 Å². The summed E-state index contributed by atoms with van der Waals surface area (Å²) in [7, 11) is 0. The highest BCUT2D eigenvalue weighted by atomic mass is 19.1. The Kier molecular flexibility index (Phi) is 4.46. The highest BCUT2D eigenvalue weighted by Crippen LogP contribution is 2.27. The molecule has 2 N–H and O–H groups in total. The number of aromatic nitrogens is 1. The number of nitrogens with two attached hydrogens (primary N) is 1. The van der Waals surface area contributed by atoms with Crippen LogP contribution in [0.15, 0.2) is 12.3 Å². The standard InChI is InChI=1S/C13H21FN2O/c1-5-11(13(2,3)4)17-12-9(7-15)6-10(14)8-16-12/h6,8,11H,5,7,15H2,1-4H3/t11-/m0/s1. The first kappa shape index (κ1) is 13.9. The van der Waals surface area contributed by atoms with Crippen molar-refractivity contribution < 1.29 is 9.13 Å². The van der Waals surface area contributed by atoms with E-state index in [1.807, 2.05) is 0 Å².